The molecule has 1 aromatic heterocycles. The van der Waals surface area contributed by atoms with Crippen LogP contribution in [-0.2, 0) is 22.4 Å². The second kappa shape index (κ2) is 12.8. The summed E-state index contributed by atoms with van der Waals surface area (Å²) in [4.78, 5) is 0. The van der Waals surface area contributed by atoms with Crippen LogP contribution in [-0.4, -0.2) is 66.4 Å². The minimum absolute atomic E-state index is 0.496. The molecule has 1 heterocycles. The van der Waals surface area contributed by atoms with Gasteiger partial charge in [0.25, 0.3) is 0 Å². The molecule has 1 rings (SSSR count). The zero-order valence-corrected chi connectivity index (χ0v) is 14.5. The fourth-order valence-corrected chi connectivity index (χ4v) is 2.00. The van der Waals surface area contributed by atoms with Gasteiger partial charge in [-0.05, 0) is 0 Å². The van der Waals surface area contributed by atoms with Gasteiger partial charge in [0.1, 0.15) is 0 Å². The van der Waals surface area contributed by atoms with Crippen LogP contribution in [0.1, 0.15) is 19.5 Å². The van der Waals surface area contributed by atoms with E-state index in [4.69, 9.17) is 9.47 Å². The minimum Gasteiger partial charge on any atom is -0.378 e. The Morgan fingerprint density at radius 2 is 1.95 bits per heavy atom. The highest BCUT2D eigenvalue weighted by atomic mass is 32.1. The number of nitrogens with zero attached hydrogens (tertiary/aromatic N) is 3. The lowest BCUT2D eigenvalue weighted by atomic mass is 10.3. The van der Waals surface area contributed by atoms with Crippen molar-refractivity contribution in [1.82, 2.24) is 25.6 Å². The fraction of sp³-hybridized carbons (Fsp3) is 0.857. The summed E-state index contributed by atoms with van der Waals surface area (Å²) in [5.41, 5.74) is 1.13. The molecule has 8 heteroatoms. The standard InChI is InChI=1S/C14H29N5O2S/c1-13(2)16-4-3-14-11-17-18-19(14)6-8-21-10-9-20-7-5-15-12-22/h11,13,15-16,22H,3-10,12H2,1-2H3. The summed E-state index contributed by atoms with van der Waals surface area (Å²) >= 11 is 4.05. The number of rotatable bonds is 14. The van der Waals surface area contributed by atoms with Crippen molar-refractivity contribution >= 4 is 12.6 Å². The number of nitrogens with one attached hydrogen (secondary N) is 2. The van der Waals surface area contributed by atoms with Gasteiger partial charge in [0.15, 0.2) is 0 Å². The second-order valence-electron chi connectivity index (χ2n) is 5.19. The molecule has 0 aliphatic rings. The van der Waals surface area contributed by atoms with Gasteiger partial charge in [-0.3, -0.25) is 0 Å². The van der Waals surface area contributed by atoms with Crippen LogP contribution in [0.25, 0.3) is 0 Å². The summed E-state index contributed by atoms with van der Waals surface area (Å²) < 4.78 is 12.9. The topological polar surface area (TPSA) is 73.2 Å². The van der Waals surface area contributed by atoms with Gasteiger partial charge in [0.2, 0.25) is 0 Å². The zero-order valence-electron chi connectivity index (χ0n) is 13.6. The van der Waals surface area contributed by atoms with Crippen molar-refractivity contribution < 1.29 is 9.47 Å². The van der Waals surface area contributed by atoms with Gasteiger partial charge >= 0.3 is 0 Å². The van der Waals surface area contributed by atoms with E-state index in [1.165, 1.54) is 0 Å². The molecule has 22 heavy (non-hydrogen) atoms. The van der Waals surface area contributed by atoms with E-state index >= 15 is 0 Å². The van der Waals surface area contributed by atoms with Crippen LogP contribution in [0, 0.1) is 0 Å². The van der Waals surface area contributed by atoms with E-state index in [-0.39, 0.29) is 0 Å². The van der Waals surface area contributed by atoms with Crippen LogP contribution >= 0.6 is 12.6 Å². The quantitative estimate of drug-likeness (QED) is 0.259. The normalized spacial score (nSPS) is 11.5. The highest BCUT2D eigenvalue weighted by molar-refractivity contribution is 7.80. The molecule has 0 bridgehead atoms. The fourth-order valence-electron chi connectivity index (χ4n) is 1.85. The first kappa shape index (κ1) is 19.4. The van der Waals surface area contributed by atoms with Gasteiger partial charge in [-0.1, -0.05) is 19.1 Å². The van der Waals surface area contributed by atoms with E-state index in [1.54, 1.807) is 0 Å². The molecule has 0 aromatic carbocycles. The van der Waals surface area contributed by atoms with Crippen molar-refractivity contribution in [2.45, 2.75) is 32.9 Å². The van der Waals surface area contributed by atoms with E-state index in [9.17, 15) is 0 Å². The van der Waals surface area contributed by atoms with Gasteiger partial charge < -0.3 is 20.1 Å². The molecule has 0 saturated heterocycles. The van der Waals surface area contributed by atoms with Crippen LogP contribution in [0.2, 0.25) is 0 Å². The predicted octanol–water partition coefficient (Wildman–Crippen LogP) is 0.329. The number of hydrogen-bond acceptors (Lipinski definition) is 7. The third-order valence-corrected chi connectivity index (χ3v) is 3.21. The molecule has 0 aliphatic carbocycles. The van der Waals surface area contributed by atoms with Crippen LogP contribution < -0.4 is 10.6 Å². The van der Waals surface area contributed by atoms with Gasteiger partial charge in [0, 0.05) is 31.4 Å². The van der Waals surface area contributed by atoms with Crippen LogP contribution in [0.4, 0.5) is 0 Å². The maximum Gasteiger partial charge on any atom is 0.0725 e. The number of aromatic nitrogens is 3. The Kier molecular flexibility index (Phi) is 11.3. The molecule has 0 fully saturated rings. The highest BCUT2D eigenvalue weighted by Crippen LogP contribution is 1.97. The summed E-state index contributed by atoms with van der Waals surface area (Å²) in [5, 5.41) is 14.5. The molecule has 0 amide bonds. The Hall–Kier alpha value is -0.670. The summed E-state index contributed by atoms with van der Waals surface area (Å²) in [6.45, 7) is 9.25. The average Bonchev–Trinajstić information content (AvgIpc) is 2.93. The van der Waals surface area contributed by atoms with E-state index in [1.807, 2.05) is 10.9 Å². The first-order chi connectivity index (χ1) is 10.7. The average molecular weight is 331 g/mol. The van der Waals surface area contributed by atoms with Gasteiger partial charge in [-0.15, -0.1) is 5.10 Å². The highest BCUT2D eigenvalue weighted by Gasteiger charge is 2.04. The largest absolute Gasteiger partial charge is 0.378 e. The Bertz CT molecular complexity index is 376. The molecule has 0 saturated carbocycles. The number of hydrogen-bond donors (Lipinski definition) is 3. The predicted molar refractivity (Wildman–Crippen MR) is 90.4 cm³/mol. The molecule has 0 atom stereocenters. The van der Waals surface area contributed by atoms with Gasteiger partial charge in [-0.25, -0.2) is 4.68 Å². The second-order valence-corrected chi connectivity index (χ2v) is 5.51. The lowest BCUT2D eigenvalue weighted by molar-refractivity contribution is 0.0450. The maximum atomic E-state index is 5.55. The van der Waals surface area contributed by atoms with E-state index in [0.29, 0.717) is 38.3 Å². The molecule has 0 spiro atoms. The van der Waals surface area contributed by atoms with Crippen LogP contribution in [0.3, 0.4) is 0 Å². The third-order valence-electron chi connectivity index (χ3n) is 2.99. The molecule has 0 aliphatic heterocycles. The van der Waals surface area contributed by atoms with Crippen LogP contribution in [0.5, 0.6) is 0 Å². The molecule has 128 valence electrons. The molecule has 2 N–H and O–H groups in total. The monoisotopic (exact) mass is 331 g/mol. The molecule has 0 radical (unpaired) electrons. The molecule has 7 nitrogen and oxygen atoms in total. The molecular formula is C14H29N5O2S. The Morgan fingerprint density at radius 1 is 1.18 bits per heavy atom. The zero-order chi connectivity index (χ0) is 16.0. The van der Waals surface area contributed by atoms with Crippen molar-refractivity contribution in [1.29, 1.82) is 0 Å². The molecular weight excluding hydrogens is 302 g/mol. The summed E-state index contributed by atoms with van der Waals surface area (Å²) in [6.07, 6.45) is 2.74. The van der Waals surface area contributed by atoms with Gasteiger partial charge in [-0.2, -0.15) is 12.6 Å². The smallest absolute Gasteiger partial charge is 0.0725 e. The summed E-state index contributed by atoms with van der Waals surface area (Å²) in [6, 6.07) is 0.496. The lowest BCUT2D eigenvalue weighted by Crippen LogP contribution is -2.26. The summed E-state index contributed by atoms with van der Waals surface area (Å²) in [5.74, 6) is 0.673. The number of ether oxygens (including phenoxy) is 2. The Balaban J connectivity index is 2.04. The van der Waals surface area contributed by atoms with Crippen LogP contribution in [0.15, 0.2) is 6.20 Å². The SMILES string of the molecule is CC(C)NCCc1cnnn1CCOCCOCCNCS. The lowest BCUT2D eigenvalue weighted by Gasteiger charge is -2.10. The summed E-state index contributed by atoms with van der Waals surface area (Å²) in [7, 11) is 0. The van der Waals surface area contributed by atoms with E-state index in [0.717, 1.165) is 31.7 Å². The first-order valence-electron chi connectivity index (χ1n) is 7.82. The van der Waals surface area contributed by atoms with Crippen molar-refractivity contribution in [2.24, 2.45) is 0 Å². The Labute approximate surface area is 138 Å². The minimum atomic E-state index is 0.496. The van der Waals surface area contributed by atoms with Crippen molar-refractivity contribution in [3.8, 4) is 0 Å². The maximum absolute atomic E-state index is 5.55. The third kappa shape index (κ3) is 9.37. The number of thiol groups is 1. The Morgan fingerprint density at radius 3 is 2.68 bits per heavy atom. The van der Waals surface area contributed by atoms with Gasteiger partial charge in [0.05, 0.1) is 44.9 Å². The van der Waals surface area contributed by atoms with Crippen molar-refractivity contribution in [2.75, 3.05) is 45.4 Å². The van der Waals surface area contributed by atoms with E-state index in [2.05, 4.69) is 47.4 Å². The van der Waals surface area contributed by atoms with Crippen molar-refractivity contribution in [3.05, 3.63) is 11.9 Å². The first-order valence-corrected chi connectivity index (χ1v) is 8.45. The molecule has 1 aromatic rings. The van der Waals surface area contributed by atoms with E-state index < -0.39 is 0 Å². The molecule has 0 unspecified atom stereocenters. The van der Waals surface area contributed by atoms with Crippen molar-refractivity contribution in [3.63, 3.8) is 0 Å².